The lowest BCUT2D eigenvalue weighted by Crippen LogP contribution is -2.30. The minimum Gasteiger partial charge on any atom is -0.308 e. The van der Waals surface area contributed by atoms with Gasteiger partial charge >= 0.3 is 0 Å². The van der Waals surface area contributed by atoms with Crippen LogP contribution in [0.15, 0.2) is 5.38 Å². The summed E-state index contributed by atoms with van der Waals surface area (Å²) in [5.41, 5.74) is 1.22. The van der Waals surface area contributed by atoms with Crippen LogP contribution in [0.25, 0.3) is 0 Å². The first kappa shape index (κ1) is 12.1. The van der Waals surface area contributed by atoms with Gasteiger partial charge in [0.25, 0.3) is 0 Å². The third kappa shape index (κ3) is 3.29. The van der Waals surface area contributed by atoms with Gasteiger partial charge in [-0.15, -0.1) is 11.3 Å². The predicted octanol–water partition coefficient (Wildman–Crippen LogP) is 3.69. The van der Waals surface area contributed by atoms with Crippen molar-refractivity contribution in [1.82, 2.24) is 10.3 Å². The van der Waals surface area contributed by atoms with Crippen molar-refractivity contribution in [3.63, 3.8) is 0 Å². The number of hydrogen-bond donors (Lipinski definition) is 1. The van der Waals surface area contributed by atoms with Crippen LogP contribution in [0.3, 0.4) is 0 Å². The smallest absolute Gasteiger partial charge is 0.0954 e. The number of aromatic nitrogens is 1. The van der Waals surface area contributed by atoms with Crippen LogP contribution in [-0.4, -0.2) is 11.0 Å². The van der Waals surface area contributed by atoms with Crippen molar-refractivity contribution in [2.24, 2.45) is 0 Å². The molecule has 1 heterocycles. The molecule has 0 radical (unpaired) electrons. The molecular weight excluding hydrogens is 216 g/mol. The van der Waals surface area contributed by atoms with Crippen LogP contribution in [0.1, 0.15) is 62.6 Å². The molecule has 2 rings (SSSR count). The highest BCUT2D eigenvalue weighted by molar-refractivity contribution is 7.09. The highest BCUT2D eigenvalue weighted by atomic mass is 32.1. The first-order valence-corrected chi connectivity index (χ1v) is 7.31. The SMILES string of the molecule is CC(C)c1nc(CNC2CCCCC2)cs1. The number of nitrogens with zero attached hydrogens (tertiary/aromatic N) is 1. The lowest BCUT2D eigenvalue weighted by molar-refractivity contribution is 0.371. The zero-order valence-corrected chi connectivity index (χ0v) is 11.1. The summed E-state index contributed by atoms with van der Waals surface area (Å²) in [7, 11) is 0. The maximum Gasteiger partial charge on any atom is 0.0954 e. The van der Waals surface area contributed by atoms with Crippen molar-refractivity contribution in [3.05, 3.63) is 16.1 Å². The Kier molecular flexibility index (Phi) is 4.36. The molecule has 1 fully saturated rings. The Bertz CT molecular complexity index is 313. The number of rotatable bonds is 4. The summed E-state index contributed by atoms with van der Waals surface area (Å²) >= 11 is 1.79. The van der Waals surface area contributed by atoms with Gasteiger partial charge in [-0.05, 0) is 12.8 Å². The molecule has 1 saturated carbocycles. The van der Waals surface area contributed by atoms with Crippen LogP contribution in [0.2, 0.25) is 0 Å². The normalized spacial score (nSPS) is 18.2. The summed E-state index contributed by atoms with van der Waals surface area (Å²) in [6, 6.07) is 0.734. The van der Waals surface area contributed by atoms with Gasteiger partial charge in [0, 0.05) is 23.9 Å². The van der Waals surface area contributed by atoms with Gasteiger partial charge in [-0.1, -0.05) is 33.1 Å². The Morgan fingerprint density at radius 1 is 1.38 bits per heavy atom. The fraction of sp³-hybridized carbons (Fsp3) is 0.769. The molecule has 0 amide bonds. The van der Waals surface area contributed by atoms with Gasteiger partial charge in [0.15, 0.2) is 0 Å². The molecule has 90 valence electrons. The molecule has 1 aromatic rings. The molecule has 0 saturated heterocycles. The molecule has 1 aliphatic carbocycles. The van der Waals surface area contributed by atoms with Crippen molar-refractivity contribution in [2.75, 3.05) is 0 Å². The van der Waals surface area contributed by atoms with Crippen molar-refractivity contribution < 1.29 is 0 Å². The monoisotopic (exact) mass is 238 g/mol. The van der Waals surface area contributed by atoms with E-state index in [0.717, 1.165) is 12.6 Å². The van der Waals surface area contributed by atoms with Crippen molar-refractivity contribution in [1.29, 1.82) is 0 Å². The Morgan fingerprint density at radius 3 is 2.75 bits per heavy atom. The molecule has 2 nitrogen and oxygen atoms in total. The first-order chi connectivity index (χ1) is 7.75. The van der Waals surface area contributed by atoms with Gasteiger partial charge in [0.05, 0.1) is 10.7 Å². The Balaban J connectivity index is 1.79. The van der Waals surface area contributed by atoms with Gasteiger partial charge in [0.2, 0.25) is 0 Å². The maximum atomic E-state index is 4.65. The molecule has 1 aliphatic rings. The molecule has 0 aromatic carbocycles. The fourth-order valence-corrected chi connectivity index (χ4v) is 3.06. The summed E-state index contributed by atoms with van der Waals surface area (Å²) in [4.78, 5) is 4.65. The second kappa shape index (κ2) is 5.78. The van der Waals surface area contributed by atoms with Gasteiger partial charge in [-0.3, -0.25) is 0 Å². The topological polar surface area (TPSA) is 24.9 Å². The molecule has 0 spiro atoms. The van der Waals surface area contributed by atoms with Gasteiger partial charge in [-0.25, -0.2) is 4.98 Å². The number of thiazole rings is 1. The second-order valence-electron chi connectivity index (χ2n) is 5.05. The summed E-state index contributed by atoms with van der Waals surface area (Å²) in [5.74, 6) is 0.563. The highest BCUT2D eigenvalue weighted by Gasteiger charge is 2.13. The molecule has 0 bridgehead atoms. The van der Waals surface area contributed by atoms with E-state index in [1.807, 2.05) is 0 Å². The van der Waals surface area contributed by atoms with Gasteiger partial charge in [-0.2, -0.15) is 0 Å². The van der Waals surface area contributed by atoms with Crippen LogP contribution in [-0.2, 0) is 6.54 Å². The van der Waals surface area contributed by atoms with Crippen molar-refractivity contribution in [3.8, 4) is 0 Å². The van der Waals surface area contributed by atoms with Crippen LogP contribution >= 0.6 is 11.3 Å². The molecular formula is C13H22N2S. The lowest BCUT2D eigenvalue weighted by atomic mass is 9.95. The van der Waals surface area contributed by atoms with Gasteiger partial charge < -0.3 is 5.32 Å². The van der Waals surface area contributed by atoms with E-state index in [1.54, 1.807) is 11.3 Å². The second-order valence-corrected chi connectivity index (χ2v) is 5.94. The minimum atomic E-state index is 0.563. The van der Waals surface area contributed by atoms with E-state index in [1.165, 1.54) is 42.8 Å². The summed E-state index contributed by atoms with van der Waals surface area (Å²) in [5, 5.41) is 7.10. The number of hydrogen-bond acceptors (Lipinski definition) is 3. The van der Waals surface area contributed by atoms with E-state index in [0.29, 0.717) is 5.92 Å². The standard InChI is InChI=1S/C13H22N2S/c1-10(2)13-15-12(9-16-13)8-14-11-6-4-3-5-7-11/h9-11,14H,3-8H2,1-2H3. The van der Waals surface area contributed by atoms with E-state index >= 15 is 0 Å². The maximum absolute atomic E-state index is 4.65. The summed E-state index contributed by atoms with van der Waals surface area (Å²) in [6.07, 6.45) is 6.91. The minimum absolute atomic E-state index is 0.563. The van der Waals surface area contributed by atoms with Crippen LogP contribution in [0, 0.1) is 0 Å². The highest BCUT2D eigenvalue weighted by Crippen LogP contribution is 2.20. The van der Waals surface area contributed by atoms with Crippen molar-refractivity contribution >= 4 is 11.3 Å². The van der Waals surface area contributed by atoms with Crippen molar-refractivity contribution in [2.45, 2.75) is 64.5 Å². The zero-order valence-electron chi connectivity index (χ0n) is 10.3. The molecule has 1 N–H and O–H groups in total. The van der Waals surface area contributed by atoms with E-state index in [4.69, 9.17) is 0 Å². The Morgan fingerprint density at radius 2 is 2.12 bits per heavy atom. The third-order valence-corrected chi connectivity index (χ3v) is 4.43. The van der Waals surface area contributed by atoms with E-state index < -0.39 is 0 Å². The zero-order chi connectivity index (χ0) is 11.4. The molecule has 3 heteroatoms. The Hall–Kier alpha value is -0.410. The predicted molar refractivity (Wildman–Crippen MR) is 69.9 cm³/mol. The van der Waals surface area contributed by atoms with E-state index in [9.17, 15) is 0 Å². The summed E-state index contributed by atoms with van der Waals surface area (Å²) < 4.78 is 0. The molecule has 1 aromatic heterocycles. The van der Waals surface area contributed by atoms with E-state index in [2.05, 4.69) is 29.5 Å². The lowest BCUT2D eigenvalue weighted by Gasteiger charge is -2.22. The molecule has 0 aliphatic heterocycles. The fourth-order valence-electron chi connectivity index (χ4n) is 2.22. The first-order valence-electron chi connectivity index (χ1n) is 6.43. The summed E-state index contributed by atoms with van der Waals surface area (Å²) in [6.45, 7) is 5.36. The van der Waals surface area contributed by atoms with E-state index in [-0.39, 0.29) is 0 Å². The van der Waals surface area contributed by atoms with Crippen LogP contribution in [0.4, 0.5) is 0 Å². The van der Waals surface area contributed by atoms with Crippen LogP contribution < -0.4 is 5.32 Å². The van der Waals surface area contributed by atoms with Crippen LogP contribution in [0.5, 0.6) is 0 Å². The Labute approximate surface area is 102 Å². The average Bonchev–Trinajstić information content (AvgIpc) is 2.76. The molecule has 0 atom stereocenters. The molecule has 16 heavy (non-hydrogen) atoms. The largest absolute Gasteiger partial charge is 0.308 e. The average molecular weight is 238 g/mol. The van der Waals surface area contributed by atoms with Gasteiger partial charge in [0.1, 0.15) is 0 Å². The number of nitrogens with one attached hydrogen (secondary N) is 1. The quantitative estimate of drug-likeness (QED) is 0.865. The third-order valence-electron chi connectivity index (χ3n) is 3.24. The molecule has 0 unspecified atom stereocenters.